The van der Waals surface area contributed by atoms with Crippen LogP contribution in [-0.4, -0.2) is 38.9 Å². The van der Waals surface area contributed by atoms with Gasteiger partial charge in [-0.1, -0.05) is 25.5 Å². The van der Waals surface area contributed by atoms with Crippen LogP contribution in [0.3, 0.4) is 0 Å². The van der Waals surface area contributed by atoms with Crippen molar-refractivity contribution < 1.29 is 27.8 Å². The van der Waals surface area contributed by atoms with Crippen molar-refractivity contribution in [1.29, 1.82) is 0 Å². The molecule has 0 radical (unpaired) electrons. The predicted molar refractivity (Wildman–Crippen MR) is 76.4 cm³/mol. The molecule has 0 aliphatic carbocycles. The Kier molecular flexibility index (Phi) is 3.22. The number of nitrogens with zero attached hydrogens (tertiary/aromatic N) is 1. The van der Waals surface area contributed by atoms with E-state index in [4.69, 9.17) is 0 Å². The third-order valence-electron chi connectivity index (χ3n) is 4.24. The average Bonchev–Trinajstić information content (AvgIpc) is 2.97. The lowest BCUT2D eigenvalue weighted by Gasteiger charge is -2.40. The quantitative estimate of drug-likeness (QED) is 0.822. The van der Waals surface area contributed by atoms with Gasteiger partial charge in [0.25, 0.3) is 0 Å². The van der Waals surface area contributed by atoms with E-state index in [2.05, 4.69) is 5.32 Å². The van der Waals surface area contributed by atoms with Crippen molar-refractivity contribution >= 4 is 20.2 Å². The zero-order valence-electron chi connectivity index (χ0n) is 11.8. The highest BCUT2D eigenvalue weighted by molar-refractivity contribution is 8.45. The highest BCUT2D eigenvalue weighted by atomic mass is 32.5. The zero-order chi connectivity index (χ0) is 17.2. The van der Waals surface area contributed by atoms with Gasteiger partial charge in [-0.25, -0.2) is 8.42 Å². The van der Waals surface area contributed by atoms with Gasteiger partial charge in [-0.2, -0.15) is 4.31 Å². The van der Waals surface area contributed by atoms with Gasteiger partial charge >= 0.3 is 10.2 Å². The lowest BCUT2D eigenvalue weighted by atomic mass is 10.0. The Morgan fingerprint density at radius 1 is 1.04 bits per heavy atom. The maximum atomic E-state index is 12.9. The average molecular weight is 378 g/mol. The van der Waals surface area contributed by atoms with Crippen LogP contribution in [0, 0.1) is 11.8 Å². The maximum Gasteiger partial charge on any atom is 0.310 e. The summed E-state index contributed by atoms with van der Waals surface area (Å²) in [6, 6.07) is 1.83. The minimum atomic E-state index is -9.91. The molecule has 2 fully saturated rings. The molecular formula is C12H15F5N2O2S2. The Bertz CT molecular complexity index is 739. The van der Waals surface area contributed by atoms with Gasteiger partial charge in [-0.05, 0) is 43.1 Å². The summed E-state index contributed by atoms with van der Waals surface area (Å²) in [5, 5.41) is 3.11. The normalized spacial score (nSPS) is 29.1. The van der Waals surface area contributed by atoms with E-state index in [1.165, 1.54) is 0 Å². The predicted octanol–water partition coefficient (Wildman–Crippen LogP) is 3.18. The van der Waals surface area contributed by atoms with Crippen LogP contribution in [0.15, 0.2) is 34.1 Å². The van der Waals surface area contributed by atoms with Crippen LogP contribution < -0.4 is 5.32 Å². The molecule has 2 atom stereocenters. The molecule has 11 heteroatoms. The number of halogens is 5. The standard InChI is InChI=1S/C12H15F5N2O2S2/c13-23(14,15,16,17)12-3-1-2-11(4-12)22(20,21)19-7-9-5-18-6-10(9)8-19/h1-4,9-10,18H,5-8H2/t9-,10+. The number of hydrogen-bond donors (Lipinski definition) is 1. The fourth-order valence-corrected chi connectivity index (χ4v) is 5.39. The van der Waals surface area contributed by atoms with E-state index in [0.29, 0.717) is 19.2 Å². The number of benzene rings is 1. The largest absolute Gasteiger partial charge is 0.316 e. The van der Waals surface area contributed by atoms with Crippen LogP contribution >= 0.6 is 10.2 Å². The molecular weight excluding hydrogens is 363 g/mol. The fourth-order valence-electron chi connectivity index (χ4n) is 3.03. The fraction of sp³-hybridized carbons (Fsp3) is 0.500. The van der Waals surface area contributed by atoms with Gasteiger partial charge < -0.3 is 5.32 Å². The Morgan fingerprint density at radius 2 is 1.61 bits per heavy atom. The van der Waals surface area contributed by atoms with E-state index >= 15 is 0 Å². The maximum absolute atomic E-state index is 12.9. The lowest BCUT2D eigenvalue weighted by Crippen LogP contribution is -2.32. The Labute approximate surface area is 130 Å². The third kappa shape index (κ3) is 3.19. The van der Waals surface area contributed by atoms with Crippen molar-refractivity contribution in [1.82, 2.24) is 9.62 Å². The molecule has 23 heavy (non-hydrogen) atoms. The molecule has 0 aromatic heterocycles. The molecule has 0 bridgehead atoms. The smallest absolute Gasteiger partial charge is 0.310 e. The van der Waals surface area contributed by atoms with E-state index in [1.54, 1.807) is 0 Å². The zero-order valence-corrected chi connectivity index (χ0v) is 13.4. The highest BCUT2D eigenvalue weighted by Crippen LogP contribution is 3.02. The number of hydrogen-bond acceptors (Lipinski definition) is 3. The van der Waals surface area contributed by atoms with Crippen LogP contribution in [0.2, 0.25) is 0 Å². The molecule has 132 valence electrons. The number of sulfonamides is 1. The van der Waals surface area contributed by atoms with Crippen LogP contribution in [0.25, 0.3) is 0 Å². The second-order valence-corrected chi connectivity index (χ2v) is 10.3. The first kappa shape index (κ1) is 16.9. The highest BCUT2D eigenvalue weighted by Gasteiger charge is 2.65. The Morgan fingerprint density at radius 3 is 2.13 bits per heavy atom. The molecule has 4 nitrogen and oxygen atoms in total. The van der Waals surface area contributed by atoms with E-state index in [-0.39, 0.29) is 37.1 Å². The van der Waals surface area contributed by atoms with Gasteiger partial charge in [0.2, 0.25) is 10.0 Å². The van der Waals surface area contributed by atoms with Crippen LogP contribution in [-0.2, 0) is 10.0 Å². The topological polar surface area (TPSA) is 49.4 Å². The van der Waals surface area contributed by atoms with Gasteiger partial charge in [-0.15, -0.1) is 0 Å². The molecule has 0 amide bonds. The molecule has 1 aromatic carbocycles. The first-order chi connectivity index (χ1) is 10.3. The van der Waals surface area contributed by atoms with E-state index in [9.17, 15) is 27.8 Å². The number of nitrogens with one attached hydrogen (secondary N) is 1. The SMILES string of the molecule is O=S(=O)(c1cccc(S(F)(F)(F)(F)F)c1)N1C[C@H]2CNC[C@H]2C1. The summed E-state index contributed by atoms with van der Waals surface area (Å²) >= 11 is 0. The molecule has 0 saturated carbocycles. The third-order valence-corrected chi connectivity index (χ3v) is 7.22. The van der Waals surface area contributed by atoms with Crippen molar-refractivity contribution in [3.05, 3.63) is 24.3 Å². The summed E-state index contributed by atoms with van der Waals surface area (Å²) in [7, 11) is -14.1. The summed E-state index contributed by atoms with van der Waals surface area (Å²) in [5.41, 5.74) is 0. The number of fused-ring (bicyclic) bond motifs is 1. The van der Waals surface area contributed by atoms with Crippen LogP contribution in [0.1, 0.15) is 0 Å². The molecule has 0 spiro atoms. The first-order valence-electron chi connectivity index (χ1n) is 6.82. The summed E-state index contributed by atoms with van der Waals surface area (Å²) in [6.07, 6.45) is 0. The van der Waals surface area contributed by atoms with E-state index in [1.807, 2.05) is 0 Å². The minimum absolute atomic E-state index is 0.0310. The number of rotatable bonds is 3. The van der Waals surface area contributed by atoms with E-state index in [0.717, 1.165) is 10.4 Å². The molecule has 2 heterocycles. The van der Waals surface area contributed by atoms with Crippen molar-refractivity contribution in [2.75, 3.05) is 26.2 Å². The van der Waals surface area contributed by atoms with Crippen molar-refractivity contribution in [3.63, 3.8) is 0 Å². The Hall–Kier alpha value is -0.910. The second kappa shape index (κ2) is 4.38. The summed E-state index contributed by atoms with van der Waals surface area (Å²) in [5.74, 6) is 0.201. The molecule has 2 aliphatic rings. The first-order valence-corrected chi connectivity index (χ1v) is 10.2. The van der Waals surface area contributed by atoms with Crippen molar-refractivity contribution in [3.8, 4) is 0 Å². The van der Waals surface area contributed by atoms with Gasteiger partial charge in [-0.3, -0.25) is 0 Å². The summed E-state index contributed by atoms with van der Waals surface area (Å²) in [6.45, 7) is 1.64. The Balaban J connectivity index is 1.96. The van der Waals surface area contributed by atoms with Gasteiger partial charge in [0, 0.05) is 13.1 Å². The van der Waals surface area contributed by atoms with Crippen LogP contribution in [0.4, 0.5) is 19.4 Å². The molecule has 1 N–H and O–H groups in total. The monoisotopic (exact) mass is 378 g/mol. The molecule has 3 rings (SSSR count). The molecule has 0 unspecified atom stereocenters. The molecule has 2 aliphatic heterocycles. The second-order valence-electron chi connectivity index (χ2n) is 5.94. The summed E-state index contributed by atoms with van der Waals surface area (Å²) < 4.78 is 90.3. The minimum Gasteiger partial charge on any atom is -0.316 e. The van der Waals surface area contributed by atoms with Gasteiger partial charge in [0.15, 0.2) is 0 Å². The van der Waals surface area contributed by atoms with E-state index < -0.39 is 30.0 Å². The van der Waals surface area contributed by atoms with Crippen molar-refractivity contribution in [2.24, 2.45) is 11.8 Å². The van der Waals surface area contributed by atoms with Crippen molar-refractivity contribution in [2.45, 2.75) is 9.79 Å². The molecule has 2 saturated heterocycles. The lowest BCUT2D eigenvalue weighted by molar-refractivity contribution is 0.363. The van der Waals surface area contributed by atoms with Crippen LogP contribution in [0.5, 0.6) is 0 Å². The molecule has 1 aromatic rings. The summed E-state index contributed by atoms with van der Waals surface area (Å²) in [4.78, 5) is -2.94. The van der Waals surface area contributed by atoms with Gasteiger partial charge in [0.05, 0.1) is 4.90 Å². The van der Waals surface area contributed by atoms with Gasteiger partial charge in [0.1, 0.15) is 4.90 Å².